The molecule has 0 spiro atoms. The average molecular weight is 497 g/mol. The van der Waals surface area contributed by atoms with Gasteiger partial charge < -0.3 is 15.5 Å². The van der Waals surface area contributed by atoms with Gasteiger partial charge in [-0.1, -0.05) is 6.07 Å². The normalized spacial score (nSPS) is 15.3. The van der Waals surface area contributed by atoms with E-state index in [9.17, 15) is 22.4 Å². The number of nitrogens with zero attached hydrogens (tertiary/aromatic N) is 2. The first-order chi connectivity index (χ1) is 17.1. The van der Waals surface area contributed by atoms with Gasteiger partial charge in [-0.25, -0.2) is 17.6 Å². The van der Waals surface area contributed by atoms with Crippen molar-refractivity contribution in [1.29, 1.82) is 0 Å². The summed E-state index contributed by atoms with van der Waals surface area (Å²) in [5, 5.41) is 13.4. The average Bonchev–Trinajstić information content (AvgIpc) is 3.24. The van der Waals surface area contributed by atoms with Crippen LogP contribution in [0.15, 0.2) is 48.5 Å². The number of carbonyl (C=O) groups excluding carboxylic acids is 1. The molecule has 3 aromatic carbocycles. The Kier molecular flexibility index (Phi) is 5.91. The van der Waals surface area contributed by atoms with Crippen molar-refractivity contribution in [3.05, 3.63) is 77.4 Å². The second-order valence-corrected chi connectivity index (χ2v) is 9.41. The summed E-state index contributed by atoms with van der Waals surface area (Å²) >= 11 is 0. The minimum Gasteiger partial charge on any atom is -0.368 e. The van der Waals surface area contributed by atoms with Gasteiger partial charge in [0.1, 0.15) is 0 Å². The lowest BCUT2D eigenvalue weighted by atomic mass is 10.0. The summed E-state index contributed by atoms with van der Waals surface area (Å²) in [6.45, 7) is 6.86. The van der Waals surface area contributed by atoms with E-state index in [-0.39, 0.29) is 28.9 Å². The fraction of sp³-hybridized carbons (Fsp3) is 0.231. The molecule has 0 unspecified atom stereocenters. The third kappa shape index (κ3) is 4.39. The summed E-state index contributed by atoms with van der Waals surface area (Å²) in [4.78, 5) is 15.1. The first-order valence-electron chi connectivity index (χ1n) is 11.4. The fourth-order valence-corrected chi connectivity index (χ4v) is 4.46. The van der Waals surface area contributed by atoms with Crippen LogP contribution in [0, 0.1) is 23.3 Å². The largest absolute Gasteiger partial charge is 0.368 e. The van der Waals surface area contributed by atoms with E-state index in [1.54, 1.807) is 12.1 Å². The summed E-state index contributed by atoms with van der Waals surface area (Å²) in [7, 11) is 0. The molecule has 6 nitrogen and oxygen atoms in total. The number of aromatic nitrogens is 2. The van der Waals surface area contributed by atoms with Crippen LogP contribution in [0.5, 0.6) is 0 Å². The summed E-state index contributed by atoms with van der Waals surface area (Å²) in [6, 6.07) is 11.5. The van der Waals surface area contributed by atoms with E-state index in [4.69, 9.17) is 0 Å². The van der Waals surface area contributed by atoms with Crippen molar-refractivity contribution in [2.45, 2.75) is 19.4 Å². The molecule has 1 saturated heterocycles. The van der Waals surface area contributed by atoms with Gasteiger partial charge in [-0.3, -0.25) is 9.89 Å². The van der Waals surface area contributed by atoms with Crippen LogP contribution in [-0.2, 0) is 0 Å². The molecule has 1 aliphatic rings. The van der Waals surface area contributed by atoms with Crippen molar-refractivity contribution in [2.75, 3.05) is 29.9 Å². The second-order valence-electron chi connectivity index (χ2n) is 9.41. The van der Waals surface area contributed by atoms with Crippen LogP contribution in [-0.4, -0.2) is 41.3 Å². The van der Waals surface area contributed by atoms with E-state index in [0.29, 0.717) is 16.5 Å². The molecule has 0 atom stereocenters. The van der Waals surface area contributed by atoms with Crippen molar-refractivity contribution < 1.29 is 22.4 Å². The van der Waals surface area contributed by atoms with Crippen molar-refractivity contribution in [1.82, 2.24) is 15.5 Å². The van der Waals surface area contributed by atoms with Gasteiger partial charge in [0.2, 0.25) is 0 Å². The van der Waals surface area contributed by atoms with Gasteiger partial charge in [0.05, 0.1) is 11.1 Å². The topological polar surface area (TPSA) is 73.0 Å². The zero-order chi connectivity index (χ0) is 25.6. The zero-order valence-corrected chi connectivity index (χ0v) is 19.6. The van der Waals surface area contributed by atoms with Gasteiger partial charge in [-0.05, 0) is 55.8 Å². The van der Waals surface area contributed by atoms with Gasteiger partial charge in [0.15, 0.2) is 29.1 Å². The Bertz CT molecular complexity index is 1440. The minimum atomic E-state index is -1.49. The number of nitrogens with one attached hydrogen (secondary N) is 3. The van der Waals surface area contributed by atoms with Crippen molar-refractivity contribution in [2.24, 2.45) is 0 Å². The lowest BCUT2D eigenvalue weighted by molar-refractivity contribution is 0.102. The van der Waals surface area contributed by atoms with Crippen LogP contribution in [0.1, 0.15) is 24.2 Å². The minimum absolute atomic E-state index is 0.00442. The number of rotatable bonds is 4. The number of hydrogen-bond donors (Lipinski definition) is 3. The zero-order valence-electron chi connectivity index (χ0n) is 19.6. The lowest BCUT2D eigenvalue weighted by Gasteiger charge is -2.40. The first kappa shape index (κ1) is 23.8. The van der Waals surface area contributed by atoms with E-state index in [2.05, 4.69) is 39.6 Å². The number of piperazine rings is 1. The summed E-state index contributed by atoms with van der Waals surface area (Å²) in [5.41, 5.74) is 0.872. The van der Waals surface area contributed by atoms with Crippen LogP contribution in [0.4, 0.5) is 29.1 Å². The van der Waals surface area contributed by atoms with Gasteiger partial charge in [-0.15, -0.1) is 0 Å². The number of amides is 1. The number of hydrogen-bond acceptors (Lipinski definition) is 4. The highest BCUT2D eigenvalue weighted by molar-refractivity contribution is 6.08. The predicted octanol–water partition coefficient (Wildman–Crippen LogP) is 5.23. The summed E-state index contributed by atoms with van der Waals surface area (Å²) in [5.74, 6) is -6.14. The fourth-order valence-electron chi connectivity index (χ4n) is 4.46. The molecule has 3 N–H and O–H groups in total. The Morgan fingerprint density at radius 1 is 1.00 bits per heavy atom. The van der Waals surface area contributed by atoms with Crippen molar-refractivity contribution >= 4 is 28.3 Å². The highest BCUT2D eigenvalue weighted by Gasteiger charge is 2.26. The molecular weight excluding hydrogens is 474 g/mol. The molecule has 1 fully saturated rings. The Labute approximate surface area is 204 Å². The van der Waals surface area contributed by atoms with Crippen LogP contribution in [0.25, 0.3) is 22.0 Å². The van der Waals surface area contributed by atoms with Crippen LogP contribution >= 0.6 is 0 Å². The Hall–Kier alpha value is -3.92. The molecule has 0 bridgehead atoms. The van der Waals surface area contributed by atoms with Gasteiger partial charge in [0.25, 0.3) is 5.91 Å². The van der Waals surface area contributed by atoms with E-state index in [0.717, 1.165) is 25.3 Å². The Morgan fingerprint density at radius 3 is 2.36 bits per heavy atom. The SMILES string of the molecule is CC1(C)CN(c2ccc(C(=O)Nc3n[nH]c4cc(-c5c(F)c(F)cc(F)c5F)ccc34)cc2)CCN1. The van der Waals surface area contributed by atoms with E-state index in [1.165, 1.54) is 18.2 Å². The molecule has 2 heterocycles. The number of H-pyrrole nitrogens is 1. The first-order valence-corrected chi connectivity index (χ1v) is 11.4. The molecule has 10 heteroatoms. The molecular formula is C26H23F4N5O. The van der Waals surface area contributed by atoms with E-state index >= 15 is 0 Å². The Balaban J connectivity index is 1.36. The van der Waals surface area contributed by atoms with Gasteiger partial charge in [-0.2, -0.15) is 5.10 Å². The number of aromatic amines is 1. The molecule has 1 aromatic heterocycles. The lowest BCUT2D eigenvalue weighted by Crippen LogP contribution is -2.57. The molecule has 0 aliphatic carbocycles. The number of anilines is 2. The quantitative estimate of drug-likeness (QED) is 0.267. The molecule has 186 valence electrons. The predicted molar refractivity (Wildman–Crippen MR) is 130 cm³/mol. The van der Waals surface area contributed by atoms with Crippen LogP contribution in [0.2, 0.25) is 0 Å². The molecule has 36 heavy (non-hydrogen) atoms. The molecule has 4 aromatic rings. The number of fused-ring (bicyclic) bond motifs is 1. The highest BCUT2D eigenvalue weighted by atomic mass is 19.2. The van der Waals surface area contributed by atoms with Crippen LogP contribution < -0.4 is 15.5 Å². The summed E-state index contributed by atoms with van der Waals surface area (Å²) in [6.07, 6.45) is 0. The standard InChI is InChI=1S/C26H23F4N5O/c1-26(2)13-35(10-9-31-26)16-6-3-14(4-7-16)25(36)32-24-17-8-5-15(11-20(17)33-34-24)21-22(29)18(27)12-19(28)23(21)30/h3-8,11-12,31H,9-10,13H2,1-2H3,(H2,32,33,34,36). The van der Waals surface area contributed by atoms with Gasteiger partial charge >= 0.3 is 0 Å². The maximum atomic E-state index is 14.2. The number of benzene rings is 3. The monoisotopic (exact) mass is 497 g/mol. The van der Waals surface area contributed by atoms with Crippen molar-refractivity contribution in [3.63, 3.8) is 0 Å². The van der Waals surface area contributed by atoms with Crippen LogP contribution in [0.3, 0.4) is 0 Å². The smallest absolute Gasteiger partial charge is 0.256 e. The number of halogens is 4. The molecule has 5 rings (SSSR count). The van der Waals surface area contributed by atoms with Gasteiger partial charge in [0, 0.05) is 47.9 Å². The molecule has 1 aliphatic heterocycles. The highest BCUT2D eigenvalue weighted by Crippen LogP contribution is 2.33. The molecule has 1 amide bonds. The maximum Gasteiger partial charge on any atom is 0.256 e. The maximum absolute atomic E-state index is 14.2. The van der Waals surface area contributed by atoms with Crippen molar-refractivity contribution in [3.8, 4) is 11.1 Å². The van der Waals surface area contributed by atoms with E-state index < -0.39 is 28.8 Å². The third-order valence-electron chi connectivity index (χ3n) is 6.26. The Morgan fingerprint density at radius 2 is 1.69 bits per heavy atom. The second kappa shape index (κ2) is 8.94. The molecule has 0 saturated carbocycles. The molecule has 0 radical (unpaired) electrons. The third-order valence-corrected chi connectivity index (χ3v) is 6.26. The number of carbonyl (C=O) groups is 1. The summed E-state index contributed by atoms with van der Waals surface area (Å²) < 4.78 is 55.7. The van der Waals surface area contributed by atoms with E-state index in [1.807, 2.05) is 12.1 Å².